The van der Waals surface area contributed by atoms with Gasteiger partial charge in [-0.15, -0.1) is 0 Å². The monoisotopic (exact) mass is 566 g/mol. The van der Waals surface area contributed by atoms with E-state index in [0.717, 1.165) is 44.1 Å². The van der Waals surface area contributed by atoms with Crippen molar-refractivity contribution in [3.05, 3.63) is 78.1 Å². The Hall–Kier alpha value is -3.41. The van der Waals surface area contributed by atoms with E-state index in [1.165, 1.54) is 31.7 Å². The summed E-state index contributed by atoms with van der Waals surface area (Å²) in [5.74, 6) is 0.234. The molecule has 41 heavy (non-hydrogen) atoms. The van der Waals surface area contributed by atoms with E-state index in [1.807, 2.05) is 6.07 Å². The van der Waals surface area contributed by atoms with Crippen LogP contribution in [0.2, 0.25) is 0 Å². The fourth-order valence-electron chi connectivity index (χ4n) is 4.49. The van der Waals surface area contributed by atoms with Gasteiger partial charge in [0.15, 0.2) is 11.6 Å². The van der Waals surface area contributed by atoms with E-state index in [4.69, 9.17) is 14.2 Å². The topological polar surface area (TPSA) is 44.8 Å². The number of hydrogen-bond donors (Lipinski definition) is 0. The lowest BCUT2D eigenvalue weighted by molar-refractivity contribution is 0.0734. The molecule has 0 aromatic heterocycles. The van der Waals surface area contributed by atoms with Gasteiger partial charge in [-0.25, -0.2) is 13.6 Å². The van der Waals surface area contributed by atoms with Crippen molar-refractivity contribution < 1.29 is 27.8 Å². The third-order valence-electron chi connectivity index (χ3n) is 6.98. The summed E-state index contributed by atoms with van der Waals surface area (Å²) in [4.78, 5) is 12.6. The average molecular weight is 567 g/mol. The molecule has 3 rings (SSSR count). The summed E-state index contributed by atoms with van der Waals surface area (Å²) < 4.78 is 45.3. The maximum absolute atomic E-state index is 14.6. The number of halogens is 2. The van der Waals surface area contributed by atoms with Crippen LogP contribution in [0.5, 0.6) is 17.2 Å². The van der Waals surface area contributed by atoms with E-state index < -0.39 is 18.0 Å². The summed E-state index contributed by atoms with van der Waals surface area (Å²) in [6.07, 6.45) is 10.6. The number of rotatable bonds is 19. The van der Waals surface area contributed by atoms with Crippen molar-refractivity contribution in [3.63, 3.8) is 0 Å². The summed E-state index contributed by atoms with van der Waals surface area (Å²) in [6, 6.07) is 18.3. The zero-order valence-electron chi connectivity index (χ0n) is 24.5. The molecule has 0 aliphatic rings. The van der Waals surface area contributed by atoms with Crippen LogP contribution in [0.3, 0.4) is 0 Å². The zero-order chi connectivity index (χ0) is 29.3. The number of carbonyl (C=O) groups is 1. The first-order valence-corrected chi connectivity index (χ1v) is 15.1. The van der Waals surface area contributed by atoms with E-state index in [9.17, 15) is 13.6 Å². The Labute approximate surface area is 244 Å². The van der Waals surface area contributed by atoms with Crippen LogP contribution in [0.15, 0.2) is 66.7 Å². The Morgan fingerprint density at radius 2 is 1.32 bits per heavy atom. The third kappa shape index (κ3) is 11.5. The van der Waals surface area contributed by atoms with Crippen molar-refractivity contribution in [3.8, 4) is 28.4 Å². The molecule has 1 atom stereocenters. The Morgan fingerprint density at radius 3 is 2.00 bits per heavy atom. The summed E-state index contributed by atoms with van der Waals surface area (Å²) in [5, 5.41) is 0. The predicted molar refractivity (Wildman–Crippen MR) is 161 cm³/mol. The molecule has 0 unspecified atom stereocenters. The summed E-state index contributed by atoms with van der Waals surface area (Å²) in [7, 11) is 0. The molecular weight excluding hydrogens is 522 g/mol. The van der Waals surface area contributed by atoms with Gasteiger partial charge in [-0.2, -0.15) is 0 Å². The smallest absolute Gasteiger partial charge is 0.343 e. The largest absolute Gasteiger partial charge is 0.491 e. The first kappa shape index (κ1) is 32.1. The minimum Gasteiger partial charge on any atom is -0.491 e. The van der Waals surface area contributed by atoms with Crippen LogP contribution in [0, 0.1) is 5.82 Å². The minimum atomic E-state index is -1.00. The number of benzene rings is 3. The molecule has 4 nitrogen and oxygen atoms in total. The number of unbranched alkanes of at least 4 members (excludes halogenated alkanes) is 8. The number of ether oxygens (including phenoxy) is 3. The summed E-state index contributed by atoms with van der Waals surface area (Å²) >= 11 is 0. The van der Waals surface area contributed by atoms with Crippen molar-refractivity contribution in [1.29, 1.82) is 0 Å². The van der Waals surface area contributed by atoms with Gasteiger partial charge < -0.3 is 14.2 Å². The molecule has 0 aliphatic heterocycles. The third-order valence-corrected chi connectivity index (χ3v) is 6.98. The van der Waals surface area contributed by atoms with Crippen molar-refractivity contribution in [2.45, 2.75) is 90.6 Å². The molecule has 0 aliphatic carbocycles. The lowest BCUT2D eigenvalue weighted by Gasteiger charge is -2.11. The highest BCUT2D eigenvalue weighted by atomic mass is 19.1. The standard InChI is InChI=1S/C35H44F2O4/c1-3-5-7-9-10-12-24-39-34-23-18-29(25-33(34)37)27-14-21-32(22-15-27)41-35(38)28-16-19-31(20-17-28)40-26-30(36)13-11-8-6-4-2/h14-23,25,30H,3-13,24,26H2,1-2H3/t30-/m0/s1. The first-order chi connectivity index (χ1) is 20.0. The number of esters is 1. The van der Waals surface area contributed by atoms with Gasteiger partial charge in [0, 0.05) is 0 Å². The van der Waals surface area contributed by atoms with E-state index in [0.29, 0.717) is 35.7 Å². The lowest BCUT2D eigenvalue weighted by atomic mass is 10.1. The van der Waals surface area contributed by atoms with Crippen LogP contribution >= 0.6 is 0 Å². The van der Waals surface area contributed by atoms with Crippen molar-refractivity contribution >= 4 is 5.97 Å². The second kappa shape index (κ2) is 18.1. The SMILES string of the molecule is CCCCCCCCOc1ccc(-c2ccc(OC(=O)c3ccc(OC[C@@H](F)CCCCCC)cc3)cc2)cc1F. The quantitative estimate of drug-likeness (QED) is 0.0823. The van der Waals surface area contributed by atoms with Crippen LogP contribution in [0.25, 0.3) is 11.1 Å². The van der Waals surface area contributed by atoms with E-state index in [1.54, 1.807) is 54.6 Å². The highest BCUT2D eigenvalue weighted by molar-refractivity contribution is 5.91. The Morgan fingerprint density at radius 1 is 0.707 bits per heavy atom. The number of carbonyl (C=O) groups excluding carboxylic acids is 1. The van der Waals surface area contributed by atoms with Crippen molar-refractivity contribution in [2.24, 2.45) is 0 Å². The summed E-state index contributed by atoms with van der Waals surface area (Å²) in [6.45, 7) is 4.83. The molecule has 0 bridgehead atoms. The van der Waals surface area contributed by atoms with Gasteiger partial charge in [0.2, 0.25) is 0 Å². The first-order valence-electron chi connectivity index (χ1n) is 15.1. The minimum absolute atomic E-state index is 0.00110. The lowest BCUT2D eigenvalue weighted by Crippen LogP contribution is -2.13. The molecule has 0 spiro atoms. The molecule has 0 amide bonds. The van der Waals surface area contributed by atoms with Crippen LogP contribution in [-0.2, 0) is 0 Å². The van der Waals surface area contributed by atoms with E-state index in [-0.39, 0.29) is 12.4 Å². The van der Waals surface area contributed by atoms with Gasteiger partial charge in [-0.3, -0.25) is 0 Å². The number of hydrogen-bond acceptors (Lipinski definition) is 4. The van der Waals surface area contributed by atoms with Crippen LogP contribution in [0.4, 0.5) is 8.78 Å². The van der Waals surface area contributed by atoms with Gasteiger partial charge in [-0.05, 0) is 72.5 Å². The van der Waals surface area contributed by atoms with Crippen LogP contribution < -0.4 is 14.2 Å². The molecule has 6 heteroatoms. The molecular formula is C35H44F2O4. The zero-order valence-corrected chi connectivity index (χ0v) is 24.5. The van der Waals surface area contributed by atoms with Crippen LogP contribution in [-0.4, -0.2) is 25.4 Å². The second-order valence-corrected chi connectivity index (χ2v) is 10.5. The fourth-order valence-corrected chi connectivity index (χ4v) is 4.49. The van der Waals surface area contributed by atoms with Gasteiger partial charge in [-0.1, -0.05) is 89.8 Å². The van der Waals surface area contributed by atoms with Gasteiger partial charge in [0.25, 0.3) is 0 Å². The molecule has 0 N–H and O–H groups in total. The highest BCUT2D eigenvalue weighted by Crippen LogP contribution is 2.28. The van der Waals surface area contributed by atoms with E-state index in [2.05, 4.69) is 13.8 Å². The normalized spacial score (nSPS) is 11.7. The van der Waals surface area contributed by atoms with Gasteiger partial charge in [0.05, 0.1) is 12.2 Å². The highest BCUT2D eigenvalue weighted by Gasteiger charge is 2.12. The average Bonchev–Trinajstić information content (AvgIpc) is 2.99. The molecule has 0 saturated heterocycles. The molecule has 0 radical (unpaired) electrons. The molecule has 3 aromatic rings. The van der Waals surface area contributed by atoms with Crippen molar-refractivity contribution in [2.75, 3.05) is 13.2 Å². The molecule has 0 saturated carbocycles. The molecule has 3 aromatic carbocycles. The summed E-state index contributed by atoms with van der Waals surface area (Å²) in [5.41, 5.74) is 1.86. The Bertz CT molecular complexity index is 1160. The molecule has 0 heterocycles. The molecule has 222 valence electrons. The predicted octanol–water partition coefficient (Wildman–Crippen LogP) is 10.1. The maximum Gasteiger partial charge on any atom is 0.343 e. The maximum atomic E-state index is 14.6. The fraction of sp³-hybridized carbons (Fsp3) is 0.457. The van der Waals surface area contributed by atoms with Crippen LogP contribution in [0.1, 0.15) is 94.8 Å². The number of alkyl halides is 1. The Balaban J connectivity index is 1.44. The Kier molecular flexibility index (Phi) is 14.2. The van der Waals surface area contributed by atoms with Gasteiger partial charge in [0.1, 0.15) is 24.3 Å². The van der Waals surface area contributed by atoms with Gasteiger partial charge >= 0.3 is 5.97 Å². The molecule has 0 fully saturated rings. The van der Waals surface area contributed by atoms with Crippen molar-refractivity contribution in [1.82, 2.24) is 0 Å². The second-order valence-electron chi connectivity index (χ2n) is 10.5. The van der Waals surface area contributed by atoms with E-state index >= 15 is 0 Å².